The molecule has 0 bridgehead atoms. The third kappa shape index (κ3) is 5.01. The van der Waals surface area contributed by atoms with E-state index >= 15 is 0 Å². The molecule has 0 aromatic heterocycles. The molecule has 34 heavy (non-hydrogen) atoms. The molecule has 4 aromatic carbocycles. The highest BCUT2D eigenvalue weighted by Crippen LogP contribution is 2.30. The van der Waals surface area contributed by atoms with Gasteiger partial charge in [0.1, 0.15) is 17.2 Å². The maximum absolute atomic E-state index is 12.7. The highest BCUT2D eigenvalue weighted by Gasteiger charge is 2.22. The summed E-state index contributed by atoms with van der Waals surface area (Å²) in [4.78, 5) is 4.95. The number of quaternary nitrogens is 1. The van der Waals surface area contributed by atoms with Crippen LogP contribution in [-0.2, 0) is 16.4 Å². The summed E-state index contributed by atoms with van der Waals surface area (Å²) in [6.07, 6.45) is 0.671. The molecule has 7 heteroatoms. The van der Waals surface area contributed by atoms with Crippen LogP contribution in [0.15, 0.2) is 107 Å². The minimum atomic E-state index is -3.66. The normalized spacial score (nSPS) is 12.7. The lowest BCUT2D eigenvalue weighted by atomic mass is 10.1. The van der Waals surface area contributed by atoms with E-state index in [1.54, 1.807) is 30.3 Å². The number of hydrogen-bond acceptors (Lipinski definition) is 4. The van der Waals surface area contributed by atoms with Crippen molar-refractivity contribution in [3.63, 3.8) is 0 Å². The molecule has 3 N–H and O–H groups in total. The number of benzene rings is 4. The quantitative estimate of drug-likeness (QED) is 0.370. The first kappa shape index (κ1) is 21.9. The van der Waals surface area contributed by atoms with Crippen LogP contribution in [-0.4, -0.2) is 14.3 Å². The Kier molecular flexibility index (Phi) is 5.88. The van der Waals surface area contributed by atoms with Crippen molar-refractivity contribution in [2.75, 3.05) is 4.72 Å². The van der Waals surface area contributed by atoms with E-state index in [4.69, 9.17) is 9.73 Å². The largest absolute Gasteiger partial charge is 0.457 e. The lowest BCUT2D eigenvalue weighted by Crippen LogP contribution is -2.81. The zero-order valence-electron chi connectivity index (χ0n) is 18.6. The molecule has 6 nitrogen and oxygen atoms in total. The van der Waals surface area contributed by atoms with Crippen molar-refractivity contribution < 1.29 is 18.5 Å². The molecule has 0 atom stereocenters. The van der Waals surface area contributed by atoms with E-state index in [1.807, 2.05) is 79.0 Å². The summed E-state index contributed by atoms with van der Waals surface area (Å²) in [5, 5.41) is 2.03. The molecule has 0 spiro atoms. The number of rotatable bonds is 7. The minimum absolute atomic E-state index is 0.239. The maximum Gasteiger partial charge on any atom is 0.261 e. The van der Waals surface area contributed by atoms with Gasteiger partial charge in [0.25, 0.3) is 10.0 Å². The number of aliphatic imine (C=N–C) groups is 1. The molecule has 0 unspecified atom stereocenters. The van der Waals surface area contributed by atoms with Crippen molar-refractivity contribution in [2.45, 2.75) is 18.2 Å². The number of amidine groups is 1. The second-order valence-electron chi connectivity index (χ2n) is 8.18. The number of aryl methyl sites for hydroxylation is 1. The Morgan fingerprint density at radius 2 is 1.62 bits per heavy atom. The van der Waals surface area contributed by atoms with Gasteiger partial charge < -0.3 is 4.74 Å². The fourth-order valence-corrected chi connectivity index (χ4v) is 4.94. The van der Waals surface area contributed by atoms with Crippen LogP contribution >= 0.6 is 0 Å². The first-order valence-corrected chi connectivity index (χ1v) is 12.4. The van der Waals surface area contributed by atoms with Gasteiger partial charge in [0.2, 0.25) is 5.84 Å². The van der Waals surface area contributed by atoms with Gasteiger partial charge in [0.15, 0.2) is 5.69 Å². The van der Waals surface area contributed by atoms with Crippen LogP contribution in [0.25, 0.3) is 0 Å². The SMILES string of the molecule is Cc1cccc(S(=O)(=O)Nc2ccc3c(c2)N=C(Cc2ccc(Oc4ccccc4)cc2)[NH2+]3)c1. The Balaban J connectivity index is 1.26. The molecule has 5 rings (SSSR count). The van der Waals surface area contributed by atoms with Crippen LogP contribution in [0.5, 0.6) is 11.5 Å². The summed E-state index contributed by atoms with van der Waals surface area (Å²) in [7, 11) is -3.66. The number of nitrogens with one attached hydrogen (secondary N) is 1. The Morgan fingerprint density at radius 3 is 2.38 bits per heavy atom. The monoisotopic (exact) mass is 470 g/mol. The summed E-state index contributed by atoms with van der Waals surface area (Å²) in [6.45, 7) is 1.87. The van der Waals surface area contributed by atoms with Crippen molar-refractivity contribution >= 4 is 32.9 Å². The lowest BCUT2D eigenvalue weighted by Gasteiger charge is -2.09. The van der Waals surface area contributed by atoms with E-state index in [0.29, 0.717) is 12.1 Å². The number of anilines is 1. The van der Waals surface area contributed by atoms with E-state index in [0.717, 1.165) is 39.8 Å². The number of fused-ring (bicyclic) bond motifs is 1. The fraction of sp³-hybridized carbons (Fsp3) is 0.0741. The predicted octanol–water partition coefficient (Wildman–Crippen LogP) is 5.07. The summed E-state index contributed by atoms with van der Waals surface area (Å²) in [6, 6.07) is 29.9. The zero-order chi connectivity index (χ0) is 23.5. The van der Waals surface area contributed by atoms with Crippen molar-refractivity contribution in [1.29, 1.82) is 0 Å². The van der Waals surface area contributed by atoms with Crippen LogP contribution in [0.3, 0.4) is 0 Å². The first-order valence-electron chi connectivity index (χ1n) is 10.9. The molecule has 0 saturated heterocycles. The topological polar surface area (TPSA) is 84.4 Å². The molecular weight excluding hydrogens is 446 g/mol. The zero-order valence-corrected chi connectivity index (χ0v) is 19.4. The van der Waals surface area contributed by atoms with Crippen molar-refractivity contribution in [3.8, 4) is 11.5 Å². The van der Waals surface area contributed by atoms with Gasteiger partial charge in [-0.25, -0.2) is 8.42 Å². The fourth-order valence-electron chi connectivity index (χ4n) is 3.79. The molecule has 1 heterocycles. The van der Waals surface area contributed by atoms with E-state index in [9.17, 15) is 8.42 Å². The lowest BCUT2D eigenvalue weighted by molar-refractivity contribution is -0.440. The third-order valence-corrected chi connectivity index (χ3v) is 6.84. The summed E-state index contributed by atoms with van der Waals surface area (Å²) in [5.41, 5.74) is 4.21. The molecule has 0 fully saturated rings. The van der Waals surface area contributed by atoms with Crippen LogP contribution in [0.1, 0.15) is 11.1 Å². The van der Waals surface area contributed by atoms with Gasteiger partial charge in [0.05, 0.1) is 17.0 Å². The van der Waals surface area contributed by atoms with Gasteiger partial charge in [-0.3, -0.25) is 10.0 Å². The van der Waals surface area contributed by atoms with Crippen LogP contribution in [0, 0.1) is 6.92 Å². The molecule has 0 saturated carbocycles. The highest BCUT2D eigenvalue weighted by atomic mass is 32.2. The summed E-state index contributed by atoms with van der Waals surface area (Å²) >= 11 is 0. The van der Waals surface area contributed by atoms with Crippen LogP contribution < -0.4 is 14.8 Å². The van der Waals surface area contributed by atoms with E-state index in [1.165, 1.54) is 0 Å². The van der Waals surface area contributed by atoms with Crippen molar-refractivity contribution in [2.24, 2.45) is 4.99 Å². The number of ether oxygens (including phenoxy) is 1. The minimum Gasteiger partial charge on any atom is -0.457 e. The second kappa shape index (κ2) is 9.13. The maximum atomic E-state index is 12.7. The van der Waals surface area contributed by atoms with Gasteiger partial charge in [-0.1, -0.05) is 42.5 Å². The second-order valence-corrected chi connectivity index (χ2v) is 9.86. The van der Waals surface area contributed by atoms with Gasteiger partial charge in [0, 0.05) is 6.07 Å². The van der Waals surface area contributed by atoms with Gasteiger partial charge in [-0.2, -0.15) is 4.99 Å². The third-order valence-electron chi connectivity index (χ3n) is 5.46. The van der Waals surface area contributed by atoms with Gasteiger partial charge in [-0.15, -0.1) is 0 Å². The number of hydrogen-bond donors (Lipinski definition) is 2. The Morgan fingerprint density at radius 1 is 0.853 bits per heavy atom. The average molecular weight is 471 g/mol. The smallest absolute Gasteiger partial charge is 0.261 e. The molecule has 1 aliphatic heterocycles. The van der Waals surface area contributed by atoms with Gasteiger partial charge in [-0.05, 0) is 66.6 Å². The van der Waals surface area contributed by atoms with Gasteiger partial charge >= 0.3 is 0 Å². The molecule has 0 amide bonds. The van der Waals surface area contributed by atoms with Crippen LogP contribution in [0.2, 0.25) is 0 Å². The Labute approximate surface area is 199 Å². The van der Waals surface area contributed by atoms with E-state index in [2.05, 4.69) is 4.72 Å². The predicted molar refractivity (Wildman–Crippen MR) is 134 cm³/mol. The number of sulfonamides is 1. The molecule has 0 radical (unpaired) electrons. The first-order chi connectivity index (χ1) is 16.4. The molecule has 1 aliphatic rings. The highest BCUT2D eigenvalue weighted by molar-refractivity contribution is 7.92. The van der Waals surface area contributed by atoms with Crippen molar-refractivity contribution in [3.05, 3.63) is 108 Å². The average Bonchev–Trinajstić information content (AvgIpc) is 3.22. The Bertz CT molecular complexity index is 1470. The number of para-hydroxylation sites is 1. The standard InChI is InChI=1S/C27H23N3O3S/c1-19-6-5-9-24(16-19)34(31,32)30-21-12-15-25-26(18-21)29-27(28-25)17-20-10-13-23(14-11-20)33-22-7-3-2-4-8-22/h2-16,18,30H,17H2,1H3,(H,28,29)/p+1. The summed E-state index contributed by atoms with van der Waals surface area (Å²) in [5.74, 6) is 2.50. The molecule has 0 aliphatic carbocycles. The molecule has 4 aromatic rings. The summed E-state index contributed by atoms with van der Waals surface area (Å²) < 4.78 is 34.0. The van der Waals surface area contributed by atoms with Crippen LogP contribution in [0.4, 0.5) is 17.1 Å². The molecular formula is C27H24N3O3S+. The van der Waals surface area contributed by atoms with Crippen molar-refractivity contribution in [1.82, 2.24) is 0 Å². The van der Waals surface area contributed by atoms with E-state index in [-0.39, 0.29) is 4.90 Å². The molecule has 170 valence electrons. The van der Waals surface area contributed by atoms with E-state index < -0.39 is 10.0 Å². The number of nitrogens with zero attached hydrogens (tertiary/aromatic N) is 1. The Hall–Kier alpha value is -3.94. The number of nitrogens with two attached hydrogens (primary N) is 1.